The number of hydrogen-bond acceptors (Lipinski definition) is 5. The summed E-state index contributed by atoms with van der Waals surface area (Å²) in [4.78, 5) is 15.9. The van der Waals surface area contributed by atoms with Crippen molar-refractivity contribution in [3.05, 3.63) is 33.5 Å². The highest BCUT2D eigenvalue weighted by molar-refractivity contribution is 7.10. The number of aryl methyl sites for hydroxylation is 1. The molecule has 1 amide bonds. The quantitative estimate of drug-likeness (QED) is 0.889. The topological polar surface area (TPSA) is 63.1 Å². The molecule has 0 fully saturated rings. The Kier molecular flexibility index (Phi) is 5.54. The molecule has 1 N–H and O–H groups in total. The van der Waals surface area contributed by atoms with E-state index in [1.807, 2.05) is 32.1 Å². The van der Waals surface area contributed by atoms with Gasteiger partial charge in [0, 0.05) is 43.4 Å². The van der Waals surface area contributed by atoms with Gasteiger partial charge >= 0.3 is 0 Å². The van der Waals surface area contributed by atoms with Crippen LogP contribution in [-0.2, 0) is 24.3 Å². The van der Waals surface area contributed by atoms with Gasteiger partial charge in [0.05, 0.1) is 6.04 Å². The standard InChI is InChI=1S/C18H27N5OS/c1-12(2)18(24)19-14(4)17-21-20-16-5-7-22(8-9-23(16)17)11-15-13(3)6-10-25-15/h6,10,12,14H,5,7-9,11H2,1-4H3,(H,19,24)/t14-/m0/s1. The van der Waals surface area contributed by atoms with Gasteiger partial charge in [0.15, 0.2) is 5.82 Å². The van der Waals surface area contributed by atoms with Crippen molar-refractivity contribution in [2.24, 2.45) is 5.92 Å². The van der Waals surface area contributed by atoms with E-state index >= 15 is 0 Å². The van der Waals surface area contributed by atoms with Crippen molar-refractivity contribution >= 4 is 17.2 Å². The molecular weight excluding hydrogens is 334 g/mol. The van der Waals surface area contributed by atoms with Gasteiger partial charge in [-0.1, -0.05) is 13.8 Å². The lowest BCUT2D eigenvalue weighted by Crippen LogP contribution is -2.32. The molecule has 25 heavy (non-hydrogen) atoms. The Hall–Kier alpha value is -1.73. The molecule has 1 atom stereocenters. The van der Waals surface area contributed by atoms with Crippen molar-refractivity contribution in [1.82, 2.24) is 25.0 Å². The van der Waals surface area contributed by atoms with E-state index in [0.717, 1.165) is 44.2 Å². The molecule has 2 aromatic heterocycles. The lowest BCUT2D eigenvalue weighted by atomic mass is 10.2. The summed E-state index contributed by atoms with van der Waals surface area (Å²) < 4.78 is 2.19. The highest BCUT2D eigenvalue weighted by Gasteiger charge is 2.23. The number of rotatable bonds is 5. The van der Waals surface area contributed by atoms with Crippen LogP contribution < -0.4 is 5.32 Å². The van der Waals surface area contributed by atoms with E-state index in [4.69, 9.17) is 0 Å². The Morgan fingerprint density at radius 3 is 2.76 bits per heavy atom. The first-order chi connectivity index (χ1) is 12.0. The average molecular weight is 362 g/mol. The van der Waals surface area contributed by atoms with Gasteiger partial charge in [-0.25, -0.2) is 0 Å². The maximum absolute atomic E-state index is 12.0. The van der Waals surface area contributed by atoms with Crippen LogP contribution in [0.4, 0.5) is 0 Å². The fourth-order valence-electron chi connectivity index (χ4n) is 3.08. The number of thiophene rings is 1. The fraction of sp³-hybridized carbons (Fsp3) is 0.611. The summed E-state index contributed by atoms with van der Waals surface area (Å²) in [6.07, 6.45) is 0.891. The monoisotopic (exact) mass is 361 g/mol. The minimum absolute atomic E-state index is 0.0292. The molecular formula is C18H27N5OS. The third kappa shape index (κ3) is 4.10. The zero-order valence-electron chi connectivity index (χ0n) is 15.5. The van der Waals surface area contributed by atoms with Crippen molar-refractivity contribution in [1.29, 1.82) is 0 Å². The van der Waals surface area contributed by atoms with E-state index in [0.29, 0.717) is 0 Å². The molecule has 2 aromatic rings. The zero-order chi connectivity index (χ0) is 18.0. The molecule has 3 rings (SSSR count). The van der Waals surface area contributed by atoms with Gasteiger partial charge in [-0.05, 0) is 30.9 Å². The van der Waals surface area contributed by atoms with Crippen molar-refractivity contribution in [2.75, 3.05) is 13.1 Å². The first-order valence-electron chi connectivity index (χ1n) is 8.93. The van der Waals surface area contributed by atoms with Crippen LogP contribution in [0.15, 0.2) is 11.4 Å². The van der Waals surface area contributed by atoms with Gasteiger partial charge < -0.3 is 9.88 Å². The summed E-state index contributed by atoms with van der Waals surface area (Å²) in [5.74, 6) is 1.90. The Morgan fingerprint density at radius 1 is 1.28 bits per heavy atom. The fourth-order valence-corrected chi connectivity index (χ4v) is 4.03. The van der Waals surface area contributed by atoms with Gasteiger partial charge in [0.2, 0.25) is 5.91 Å². The molecule has 0 bridgehead atoms. The molecule has 0 saturated carbocycles. The number of carbonyl (C=O) groups is 1. The summed E-state index contributed by atoms with van der Waals surface area (Å²) >= 11 is 1.83. The predicted molar refractivity (Wildman–Crippen MR) is 99.5 cm³/mol. The van der Waals surface area contributed by atoms with Crippen LogP contribution in [0.1, 0.15) is 48.9 Å². The second-order valence-corrected chi connectivity index (χ2v) is 8.06. The molecule has 0 aromatic carbocycles. The average Bonchev–Trinajstić information content (AvgIpc) is 3.10. The molecule has 1 aliphatic heterocycles. The van der Waals surface area contributed by atoms with Crippen molar-refractivity contribution < 1.29 is 4.79 Å². The molecule has 6 nitrogen and oxygen atoms in total. The first kappa shape index (κ1) is 18.1. The summed E-state index contributed by atoms with van der Waals surface area (Å²) in [5.41, 5.74) is 1.37. The number of nitrogens with zero attached hydrogens (tertiary/aromatic N) is 4. The SMILES string of the molecule is Cc1ccsc1CN1CCc2nnc([C@H](C)NC(=O)C(C)C)n2CC1. The maximum Gasteiger partial charge on any atom is 0.223 e. The van der Waals surface area contributed by atoms with Crippen LogP contribution in [-0.4, -0.2) is 38.7 Å². The van der Waals surface area contributed by atoms with E-state index in [9.17, 15) is 4.79 Å². The van der Waals surface area contributed by atoms with Crippen molar-refractivity contribution in [2.45, 2.75) is 53.2 Å². The van der Waals surface area contributed by atoms with Crippen molar-refractivity contribution in [3.8, 4) is 0 Å². The van der Waals surface area contributed by atoms with Gasteiger partial charge in [-0.3, -0.25) is 9.69 Å². The second-order valence-electron chi connectivity index (χ2n) is 7.06. The molecule has 3 heterocycles. The smallest absolute Gasteiger partial charge is 0.223 e. The normalized spacial score (nSPS) is 16.5. The third-order valence-electron chi connectivity index (χ3n) is 4.75. The van der Waals surface area contributed by atoms with Crippen LogP contribution in [0.5, 0.6) is 0 Å². The molecule has 0 radical (unpaired) electrons. The molecule has 136 valence electrons. The Morgan fingerprint density at radius 2 is 2.08 bits per heavy atom. The van der Waals surface area contributed by atoms with E-state index in [1.54, 1.807) is 0 Å². The van der Waals surface area contributed by atoms with Crippen molar-refractivity contribution in [3.63, 3.8) is 0 Å². The van der Waals surface area contributed by atoms with Crippen LogP contribution >= 0.6 is 11.3 Å². The molecule has 1 aliphatic rings. The molecule has 0 aliphatic carbocycles. The molecule has 0 unspecified atom stereocenters. The number of nitrogens with one attached hydrogen (secondary N) is 1. The summed E-state index contributed by atoms with van der Waals surface area (Å²) in [6.45, 7) is 11.8. The van der Waals surface area contributed by atoms with Crippen LogP contribution in [0, 0.1) is 12.8 Å². The second kappa shape index (κ2) is 7.66. The lowest BCUT2D eigenvalue weighted by Gasteiger charge is -2.20. The Labute approximate surface area is 153 Å². The lowest BCUT2D eigenvalue weighted by molar-refractivity contribution is -0.124. The van der Waals surface area contributed by atoms with Gasteiger partial charge in [-0.2, -0.15) is 0 Å². The van der Waals surface area contributed by atoms with E-state index in [1.165, 1.54) is 10.4 Å². The van der Waals surface area contributed by atoms with Gasteiger partial charge in [0.25, 0.3) is 0 Å². The van der Waals surface area contributed by atoms with Gasteiger partial charge in [0.1, 0.15) is 5.82 Å². The van der Waals surface area contributed by atoms with E-state index in [-0.39, 0.29) is 17.9 Å². The van der Waals surface area contributed by atoms with Crippen LogP contribution in [0.25, 0.3) is 0 Å². The number of hydrogen-bond donors (Lipinski definition) is 1. The summed E-state index contributed by atoms with van der Waals surface area (Å²) in [7, 11) is 0. The highest BCUT2D eigenvalue weighted by Crippen LogP contribution is 2.20. The number of amides is 1. The minimum atomic E-state index is -0.123. The predicted octanol–water partition coefficient (Wildman–Crippen LogP) is 2.54. The number of fused-ring (bicyclic) bond motifs is 1. The summed E-state index contributed by atoms with van der Waals surface area (Å²) in [5, 5.41) is 13.9. The van der Waals surface area contributed by atoms with E-state index in [2.05, 4.69) is 43.4 Å². The molecule has 7 heteroatoms. The Balaban J connectivity index is 1.67. The molecule has 0 saturated heterocycles. The third-order valence-corrected chi connectivity index (χ3v) is 5.76. The minimum Gasteiger partial charge on any atom is -0.346 e. The number of aromatic nitrogens is 3. The molecule has 0 spiro atoms. The van der Waals surface area contributed by atoms with E-state index < -0.39 is 0 Å². The largest absolute Gasteiger partial charge is 0.346 e. The van der Waals surface area contributed by atoms with Crippen LogP contribution in [0.3, 0.4) is 0 Å². The van der Waals surface area contributed by atoms with Crippen LogP contribution in [0.2, 0.25) is 0 Å². The number of carbonyl (C=O) groups excluding carboxylic acids is 1. The summed E-state index contributed by atoms with van der Waals surface area (Å²) in [6, 6.07) is 2.06. The zero-order valence-corrected chi connectivity index (χ0v) is 16.3. The highest BCUT2D eigenvalue weighted by atomic mass is 32.1. The maximum atomic E-state index is 12.0. The first-order valence-corrected chi connectivity index (χ1v) is 9.81. The Bertz CT molecular complexity index is 736. The van der Waals surface area contributed by atoms with Gasteiger partial charge in [-0.15, -0.1) is 21.5 Å².